The van der Waals surface area contributed by atoms with E-state index < -0.39 is 0 Å². The van der Waals surface area contributed by atoms with Crippen LogP contribution in [0.15, 0.2) is 12.4 Å². The SMILES string of the molecule is COC1CCN(C(=O)c2cnc(C)cn2)C(CN)C1. The summed E-state index contributed by atoms with van der Waals surface area (Å²) in [5, 5.41) is 0. The largest absolute Gasteiger partial charge is 0.381 e. The maximum Gasteiger partial charge on any atom is 0.274 e. The average Bonchev–Trinajstić information content (AvgIpc) is 2.46. The normalized spacial score (nSPS) is 23.4. The first-order valence-electron chi connectivity index (χ1n) is 6.48. The first-order chi connectivity index (χ1) is 9.15. The molecule has 0 bridgehead atoms. The fourth-order valence-corrected chi connectivity index (χ4v) is 2.37. The number of aromatic nitrogens is 2. The molecule has 1 fully saturated rings. The molecule has 6 heteroatoms. The third kappa shape index (κ3) is 3.08. The van der Waals surface area contributed by atoms with Gasteiger partial charge in [-0.1, -0.05) is 0 Å². The van der Waals surface area contributed by atoms with Crippen LogP contribution in [0.25, 0.3) is 0 Å². The molecule has 0 aromatic carbocycles. The number of carbonyl (C=O) groups is 1. The molecule has 2 heterocycles. The number of amides is 1. The Kier molecular flexibility index (Phi) is 4.44. The van der Waals surface area contributed by atoms with Crippen LogP contribution in [0.2, 0.25) is 0 Å². The van der Waals surface area contributed by atoms with Crippen molar-refractivity contribution < 1.29 is 9.53 Å². The number of hydrogen-bond acceptors (Lipinski definition) is 5. The highest BCUT2D eigenvalue weighted by molar-refractivity contribution is 5.92. The number of nitrogens with two attached hydrogens (primary N) is 1. The van der Waals surface area contributed by atoms with Crippen LogP contribution < -0.4 is 5.73 Å². The summed E-state index contributed by atoms with van der Waals surface area (Å²) in [5.41, 5.74) is 6.94. The summed E-state index contributed by atoms with van der Waals surface area (Å²) in [6, 6.07) is 0.00861. The second-order valence-electron chi connectivity index (χ2n) is 4.81. The molecule has 1 aliphatic heterocycles. The Hall–Kier alpha value is -1.53. The van der Waals surface area contributed by atoms with Crippen LogP contribution in [0.3, 0.4) is 0 Å². The van der Waals surface area contributed by atoms with Crippen LogP contribution in [0.5, 0.6) is 0 Å². The van der Waals surface area contributed by atoms with Gasteiger partial charge in [0.25, 0.3) is 5.91 Å². The minimum absolute atomic E-state index is 0.00861. The standard InChI is InChI=1S/C13H20N4O2/c1-9-7-16-12(8-15-9)13(18)17-4-3-11(19-2)5-10(17)6-14/h7-8,10-11H,3-6,14H2,1-2H3. The van der Waals surface area contributed by atoms with E-state index in [4.69, 9.17) is 10.5 Å². The van der Waals surface area contributed by atoms with Crippen molar-refractivity contribution in [2.45, 2.75) is 31.9 Å². The van der Waals surface area contributed by atoms with Crippen LogP contribution in [0.4, 0.5) is 0 Å². The Balaban J connectivity index is 2.11. The molecule has 2 atom stereocenters. The van der Waals surface area contributed by atoms with Gasteiger partial charge in [0.15, 0.2) is 0 Å². The summed E-state index contributed by atoms with van der Waals surface area (Å²) in [6.45, 7) is 2.92. The van der Waals surface area contributed by atoms with Gasteiger partial charge in [-0.05, 0) is 19.8 Å². The zero-order valence-electron chi connectivity index (χ0n) is 11.4. The monoisotopic (exact) mass is 264 g/mol. The van der Waals surface area contributed by atoms with Crippen molar-refractivity contribution in [3.8, 4) is 0 Å². The van der Waals surface area contributed by atoms with Crippen molar-refractivity contribution in [2.75, 3.05) is 20.2 Å². The topological polar surface area (TPSA) is 81.3 Å². The Morgan fingerprint density at radius 2 is 2.32 bits per heavy atom. The van der Waals surface area contributed by atoms with Crippen molar-refractivity contribution in [1.29, 1.82) is 0 Å². The van der Waals surface area contributed by atoms with Crippen LogP contribution >= 0.6 is 0 Å². The minimum Gasteiger partial charge on any atom is -0.381 e. The molecule has 1 aliphatic rings. The Labute approximate surface area is 113 Å². The number of piperidine rings is 1. The van der Waals surface area contributed by atoms with Gasteiger partial charge in [-0.2, -0.15) is 0 Å². The third-order valence-corrected chi connectivity index (χ3v) is 3.53. The van der Waals surface area contributed by atoms with E-state index in [1.54, 1.807) is 18.2 Å². The molecule has 2 N–H and O–H groups in total. The molecule has 0 radical (unpaired) electrons. The van der Waals surface area contributed by atoms with E-state index in [1.807, 2.05) is 6.92 Å². The van der Waals surface area contributed by atoms with E-state index in [0.29, 0.717) is 18.8 Å². The molecule has 104 valence electrons. The number of hydrogen-bond donors (Lipinski definition) is 1. The molecule has 2 unspecified atom stereocenters. The van der Waals surface area contributed by atoms with Crippen molar-refractivity contribution in [1.82, 2.24) is 14.9 Å². The second-order valence-corrected chi connectivity index (χ2v) is 4.81. The van der Waals surface area contributed by atoms with E-state index in [1.165, 1.54) is 6.20 Å². The maximum absolute atomic E-state index is 12.4. The molecule has 0 saturated carbocycles. The number of rotatable bonds is 3. The van der Waals surface area contributed by atoms with Gasteiger partial charge >= 0.3 is 0 Å². The summed E-state index contributed by atoms with van der Waals surface area (Å²) >= 11 is 0. The molecule has 1 aromatic heterocycles. The molecule has 0 spiro atoms. The van der Waals surface area contributed by atoms with Gasteiger partial charge in [0.1, 0.15) is 5.69 Å². The van der Waals surface area contributed by atoms with Gasteiger partial charge < -0.3 is 15.4 Å². The van der Waals surface area contributed by atoms with Crippen LogP contribution in [0, 0.1) is 6.92 Å². The zero-order chi connectivity index (χ0) is 13.8. The second kappa shape index (κ2) is 6.08. The lowest BCUT2D eigenvalue weighted by Crippen LogP contribution is -2.51. The zero-order valence-corrected chi connectivity index (χ0v) is 11.4. The van der Waals surface area contributed by atoms with Gasteiger partial charge in [-0.25, -0.2) is 4.98 Å². The van der Waals surface area contributed by atoms with Crippen molar-refractivity contribution >= 4 is 5.91 Å². The van der Waals surface area contributed by atoms with Crippen LogP contribution in [-0.4, -0.2) is 53.1 Å². The van der Waals surface area contributed by atoms with Gasteiger partial charge in [0, 0.05) is 32.4 Å². The summed E-state index contributed by atoms with van der Waals surface area (Å²) < 4.78 is 5.35. The predicted octanol–water partition coefficient (Wildman–Crippen LogP) is 0.363. The lowest BCUT2D eigenvalue weighted by Gasteiger charge is -2.38. The Morgan fingerprint density at radius 1 is 1.53 bits per heavy atom. The van der Waals surface area contributed by atoms with E-state index >= 15 is 0 Å². The van der Waals surface area contributed by atoms with E-state index in [-0.39, 0.29) is 18.1 Å². The van der Waals surface area contributed by atoms with Gasteiger partial charge in [-0.15, -0.1) is 0 Å². The van der Waals surface area contributed by atoms with Crippen molar-refractivity contribution in [3.63, 3.8) is 0 Å². The molecule has 0 aliphatic carbocycles. The fraction of sp³-hybridized carbons (Fsp3) is 0.615. The van der Waals surface area contributed by atoms with Crippen molar-refractivity contribution in [3.05, 3.63) is 23.8 Å². The smallest absolute Gasteiger partial charge is 0.274 e. The number of nitrogens with zero attached hydrogens (tertiary/aromatic N) is 3. The highest BCUT2D eigenvalue weighted by Gasteiger charge is 2.31. The van der Waals surface area contributed by atoms with Gasteiger partial charge in [0.2, 0.25) is 0 Å². The van der Waals surface area contributed by atoms with E-state index in [0.717, 1.165) is 18.5 Å². The third-order valence-electron chi connectivity index (χ3n) is 3.53. The fourth-order valence-electron chi connectivity index (χ4n) is 2.37. The molecule has 19 heavy (non-hydrogen) atoms. The van der Waals surface area contributed by atoms with Gasteiger partial charge in [-0.3, -0.25) is 9.78 Å². The summed E-state index contributed by atoms with van der Waals surface area (Å²) in [7, 11) is 1.70. The molecule has 6 nitrogen and oxygen atoms in total. The first-order valence-corrected chi connectivity index (χ1v) is 6.48. The summed E-state index contributed by atoms with van der Waals surface area (Å²) in [6.07, 6.45) is 4.91. The van der Waals surface area contributed by atoms with Crippen LogP contribution in [0.1, 0.15) is 29.0 Å². The number of carbonyl (C=O) groups excluding carboxylic acids is 1. The number of likely N-dealkylation sites (tertiary alicyclic amines) is 1. The maximum atomic E-state index is 12.4. The summed E-state index contributed by atoms with van der Waals surface area (Å²) in [5.74, 6) is -0.0995. The quantitative estimate of drug-likeness (QED) is 0.852. The first kappa shape index (κ1) is 13.9. The average molecular weight is 264 g/mol. The number of aryl methyl sites for hydroxylation is 1. The predicted molar refractivity (Wildman–Crippen MR) is 70.7 cm³/mol. The lowest BCUT2D eigenvalue weighted by molar-refractivity contribution is 0.0136. The Morgan fingerprint density at radius 3 is 2.89 bits per heavy atom. The van der Waals surface area contributed by atoms with E-state index in [9.17, 15) is 4.79 Å². The van der Waals surface area contributed by atoms with Gasteiger partial charge in [0.05, 0.1) is 18.0 Å². The molecule has 1 amide bonds. The molecule has 1 aromatic rings. The highest BCUT2D eigenvalue weighted by Crippen LogP contribution is 2.20. The molecule has 2 rings (SSSR count). The number of methoxy groups -OCH3 is 1. The molecular weight excluding hydrogens is 244 g/mol. The lowest BCUT2D eigenvalue weighted by atomic mass is 9.99. The minimum atomic E-state index is -0.0995. The van der Waals surface area contributed by atoms with Crippen LogP contribution in [-0.2, 0) is 4.74 Å². The van der Waals surface area contributed by atoms with E-state index in [2.05, 4.69) is 9.97 Å². The Bertz CT molecular complexity index is 435. The molecule has 1 saturated heterocycles. The summed E-state index contributed by atoms with van der Waals surface area (Å²) in [4.78, 5) is 22.4. The molecular formula is C13H20N4O2. The highest BCUT2D eigenvalue weighted by atomic mass is 16.5. The number of ether oxygens (including phenoxy) is 1. The van der Waals surface area contributed by atoms with Crippen molar-refractivity contribution in [2.24, 2.45) is 5.73 Å².